The summed E-state index contributed by atoms with van der Waals surface area (Å²) in [5, 5.41) is 0. The highest BCUT2D eigenvalue weighted by atomic mass is 15.2. The van der Waals surface area contributed by atoms with Crippen molar-refractivity contribution in [3.63, 3.8) is 0 Å². The van der Waals surface area contributed by atoms with Crippen LogP contribution < -0.4 is 5.73 Å². The quantitative estimate of drug-likeness (QED) is 0.434. The van der Waals surface area contributed by atoms with Gasteiger partial charge in [0.15, 0.2) is 0 Å². The normalized spacial score (nSPS) is 54.0. The Morgan fingerprint density at radius 3 is 2.25 bits per heavy atom. The van der Waals surface area contributed by atoms with E-state index in [9.17, 15) is 0 Å². The van der Waals surface area contributed by atoms with E-state index >= 15 is 0 Å². The molecular weight excluding hydrogens is 100 g/mol. The molecule has 1 heterocycles. The summed E-state index contributed by atoms with van der Waals surface area (Å²) in [6.45, 7) is 2.26. The third-order valence-electron chi connectivity index (χ3n) is 2.34. The molecule has 3 atom stereocenters. The summed E-state index contributed by atoms with van der Waals surface area (Å²) < 4.78 is 0. The first kappa shape index (κ1) is 4.77. The average Bonchev–Trinajstić information content (AvgIpc) is 2.29. The number of likely N-dealkylation sites (tertiary alicyclic amines) is 1. The molecule has 1 aliphatic heterocycles. The van der Waals surface area contributed by atoms with Gasteiger partial charge in [0.2, 0.25) is 0 Å². The van der Waals surface area contributed by atoms with Crippen LogP contribution in [0.5, 0.6) is 0 Å². The van der Waals surface area contributed by atoms with E-state index in [-0.39, 0.29) is 0 Å². The molecule has 2 N–H and O–H groups in total. The Hall–Kier alpha value is -0.0800. The summed E-state index contributed by atoms with van der Waals surface area (Å²) >= 11 is 0. The molecule has 2 aliphatic rings. The van der Waals surface area contributed by atoms with Crippen molar-refractivity contribution in [3.05, 3.63) is 7.05 Å². The van der Waals surface area contributed by atoms with E-state index in [0.29, 0.717) is 6.04 Å². The summed E-state index contributed by atoms with van der Waals surface area (Å²) in [5.74, 6) is 1.60. The topological polar surface area (TPSA) is 29.3 Å². The highest BCUT2D eigenvalue weighted by molar-refractivity contribution is 5.08. The summed E-state index contributed by atoms with van der Waals surface area (Å²) in [6.07, 6.45) is 0. The Morgan fingerprint density at radius 2 is 1.88 bits per heavy atom. The molecule has 8 heavy (non-hydrogen) atoms. The van der Waals surface area contributed by atoms with Crippen LogP contribution in [0.15, 0.2) is 0 Å². The third kappa shape index (κ3) is 0.446. The van der Waals surface area contributed by atoms with Crippen LogP contribution in [0.2, 0.25) is 0 Å². The van der Waals surface area contributed by atoms with Gasteiger partial charge >= 0.3 is 0 Å². The lowest BCUT2D eigenvalue weighted by atomic mass is 10.4. The van der Waals surface area contributed by atoms with Crippen molar-refractivity contribution in [1.82, 2.24) is 4.90 Å². The Balaban J connectivity index is 2.00. The van der Waals surface area contributed by atoms with Gasteiger partial charge in [-0.15, -0.1) is 0 Å². The monoisotopic (exact) mass is 111 g/mol. The van der Waals surface area contributed by atoms with Gasteiger partial charge in [0.1, 0.15) is 0 Å². The van der Waals surface area contributed by atoms with Gasteiger partial charge in [-0.1, -0.05) is 0 Å². The van der Waals surface area contributed by atoms with Crippen LogP contribution in [-0.2, 0) is 0 Å². The number of nitrogens with two attached hydrogens (primary N) is 1. The molecule has 0 aromatic rings. The van der Waals surface area contributed by atoms with E-state index < -0.39 is 0 Å². The second kappa shape index (κ2) is 1.25. The van der Waals surface area contributed by atoms with Crippen LogP contribution in [-0.4, -0.2) is 24.0 Å². The molecule has 46 valence electrons. The van der Waals surface area contributed by atoms with E-state index in [4.69, 9.17) is 5.73 Å². The minimum absolute atomic E-state index is 0.521. The third-order valence-corrected chi connectivity index (χ3v) is 2.34. The van der Waals surface area contributed by atoms with Gasteiger partial charge in [0.05, 0.1) is 0 Å². The fourth-order valence-electron chi connectivity index (χ4n) is 1.66. The van der Waals surface area contributed by atoms with E-state index in [2.05, 4.69) is 11.9 Å². The smallest absolute Gasteiger partial charge is 0.0126 e. The van der Waals surface area contributed by atoms with E-state index in [1.54, 1.807) is 0 Å². The van der Waals surface area contributed by atoms with Gasteiger partial charge in [-0.2, -0.15) is 0 Å². The predicted octanol–water partition coefficient (Wildman–Crippen LogP) is -0.333. The van der Waals surface area contributed by atoms with Crippen LogP contribution in [0, 0.1) is 18.9 Å². The fourth-order valence-corrected chi connectivity index (χ4v) is 1.66. The Kier molecular flexibility index (Phi) is 0.746. The van der Waals surface area contributed by atoms with Crippen molar-refractivity contribution in [2.75, 3.05) is 13.1 Å². The molecule has 0 bridgehead atoms. The summed E-state index contributed by atoms with van der Waals surface area (Å²) in [5.41, 5.74) is 5.68. The number of piperidine rings is 1. The molecule has 0 amide bonds. The van der Waals surface area contributed by atoms with E-state index in [1.165, 1.54) is 0 Å². The molecule has 2 nitrogen and oxygen atoms in total. The van der Waals surface area contributed by atoms with Crippen molar-refractivity contribution >= 4 is 0 Å². The highest BCUT2D eigenvalue weighted by Gasteiger charge is 2.50. The van der Waals surface area contributed by atoms with Crippen molar-refractivity contribution in [2.45, 2.75) is 6.04 Å². The number of nitrogens with zero attached hydrogens (tertiary/aromatic N) is 1. The first-order valence-electron chi connectivity index (χ1n) is 3.10. The average molecular weight is 111 g/mol. The molecule has 0 aromatic carbocycles. The zero-order valence-corrected chi connectivity index (χ0v) is 4.88. The minimum atomic E-state index is 0.521. The minimum Gasteiger partial charge on any atom is -0.459 e. The lowest BCUT2D eigenvalue weighted by Gasteiger charge is -2.19. The standard InChI is InChI=1S/C6H11N2/c1-8-2-4-5(3-8)6(4)7/h4-6H,1-3,7H2/q-1/t4-,5+,6?. The van der Waals surface area contributed by atoms with Crippen LogP contribution >= 0.6 is 0 Å². The number of hydrogen-bond acceptors (Lipinski definition) is 2. The molecule has 1 saturated carbocycles. The van der Waals surface area contributed by atoms with Crippen LogP contribution in [0.4, 0.5) is 0 Å². The molecule has 0 radical (unpaired) electrons. The first-order chi connectivity index (χ1) is 3.79. The van der Waals surface area contributed by atoms with Gasteiger partial charge in [-0.25, -0.2) is 0 Å². The van der Waals surface area contributed by atoms with Gasteiger partial charge in [0.25, 0.3) is 0 Å². The van der Waals surface area contributed by atoms with Gasteiger partial charge < -0.3 is 10.6 Å². The lowest BCUT2D eigenvalue weighted by Crippen LogP contribution is -2.22. The molecule has 0 spiro atoms. The zero-order valence-electron chi connectivity index (χ0n) is 4.88. The van der Waals surface area contributed by atoms with Crippen LogP contribution in [0.3, 0.4) is 0 Å². The maximum Gasteiger partial charge on any atom is 0.0126 e. The van der Waals surface area contributed by atoms with Gasteiger partial charge in [-0.05, 0) is 24.9 Å². The molecule has 0 aromatic heterocycles. The summed E-state index contributed by atoms with van der Waals surface area (Å²) in [6, 6.07) is 0.521. The van der Waals surface area contributed by atoms with Crippen LogP contribution in [0.25, 0.3) is 0 Å². The van der Waals surface area contributed by atoms with Crippen molar-refractivity contribution in [2.24, 2.45) is 17.6 Å². The van der Waals surface area contributed by atoms with Crippen LogP contribution in [0.1, 0.15) is 0 Å². The number of fused-ring (bicyclic) bond motifs is 1. The SMILES string of the molecule is [CH2-]N1C[C@@H]2C(N)[C@@H]2C1. The molecular formula is C6H11N2-. The number of rotatable bonds is 0. The predicted molar refractivity (Wildman–Crippen MR) is 31.9 cm³/mol. The zero-order chi connectivity index (χ0) is 5.72. The van der Waals surface area contributed by atoms with Gasteiger partial charge in [0, 0.05) is 6.04 Å². The molecule has 1 aliphatic carbocycles. The second-order valence-electron chi connectivity index (χ2n) is 2.94. The summed E-state index contributed by atoms with van der Waals surface area (Å²) in [7, 11) is 3.83. The second-order valence-corrected chi connectivity index (χ2v) is 2.94. The molecule has 1 unspecified atom stereocenters. The van der Waals surface area contributed by atoms with E-state index in [0.717, 1.165) is 24.9 Å². The maximum absolute atomic E-state index is 5.68. The summed E-state index contributed by atoms with van der Waals surface area (Å²) in [4.78, 5) is 2.11. The first-order valence-corrected chi connectivity index (χ1v) is 3.10. The van der Waals surface area contributed by atoms with Gasteiger partial charge in [-0.3, -0.25) is 7.05 Å². The van der Waals surface area contributed by atoms with Crippen molar-refractivity contribution < 1.29 is 0 Å². The molecule has 2 fully saturated rings. The highest BCUT2D eigenvalue weighted by Crippen LogP contribution is 2.43. The Morgan fingerprint density at radius 1 is 1.38 bits per heavy atom. The Bertz CT molecular complexity index is 101. The largest absolute Gasteiger partial charge is 0.459 e. The molecule has 2 heteroatoms. The van der Waals surface area contributed by atoms with Crippen molar-refractivity contribution in [1.29, 1.82) is 0 Å². The number of hydrogen-bond donors (Lipinski definition) is 1. The molecule has 2 rings (SSSR count). The fraction of sp³-hybridized carbons (Fsp3) is 0.833. The Labute approximate surface area is 49.7 Å². The van der Waals surface area contributed by atoms with Crippen molar-refractivity contribution in [3.8, 4) is 0 Å². The maximum atomic E-state index is 5.68. The lowest BCUT2D eigenvalue weighted by molar-refractivity contribution is 0.399. The molecule has 1 saturated heterocycles. The van der Waals surface area contributed by atoms with E-state index in [1.807, 2.05) is 0 Å².